The van der Waals surface area contributed by atoms with Gasteiger partial charge in [0.25, 0.3) is 0 Å². The quantitative estimate of drug-likeness (QED) is 0.871. The van der Waals surface area contributed by atoms with E-state index in [-0.39, 0.29) is 23.1 Å². The summed E-state index contributed by atoms with van der Waals surface area (Å²) < 4.78 is 0. The van der Waals surface area contributed by atoms with Crippen LogP contribution in [-0.4, -0.2) is 41.3 Å². The zero-order valence-electron chi connectivity index (χ0n) is 16.1. The van der Waals surface area contributed by atoms with E-state index < -0.39 is 0 Å². The number of thiazole rings is 1. The van der Waals surface area contributed by atoms with Crippen LogP contribution in [0, 0.1) is 11.3 Å². The molecular weight excluding hydrogens is 334 g/mol. The maximum Gasteiger partial charge on any atom is 0.227 e. The first-order chi connectivity index (χ1) is 11.7. The number of carbonyl (C=O) groups excluding carboxylic acids is 2. The number of hydrogen-bond acceptors (Lipinski definition) is 4. The molecule has 0 unspecified atom stereocenters. The van der Waals surface area contributed by atoms with Crippen molar-refractivity contribution < 1.29 is 9.59 Å². The third-order valence-corrected chi connectivity index (χ3v) is 5.53. The number of hydrogen-bond donors (Lipinski definition) is 1. The lowest BCUT2D eigenvalue weighted by Crippen LogP contribution is -2.44. The zero-order valence-corrected chi connectivity index (χ0v) is 16.9. The molecule has 0 saturated carbocycles. The van der Waals surface area contributed by atoms with E-state index in [2.05, 4.69) is 10.7 Å². The molecule has 1 aromatic heterocycles. The van der Waals surface area contributed by atoms with Crippen molar-refractivity contribution in [3.8, 4) is 0 Å². The first-order valence-corrected chi connectivity index (χ1v) is 10.1. The molecule has 1 saturated heterocycles. The number of piperidine rings is 1. The largest absolute Gasteiger partial charge is 0.355 e. The predicted octanol–water partition coefficient (Wildman–Crippen LogP) is 3.21. The summed E-state index contributed by atoms with van der Waals surface area (Å²) in [5.74, 6) is 0.660. The monoisotopic (exact) mass is 365 g/mol. The molecule has 2 heterocycles. The van der Waals surface area contributed by atoms with E-state index in [1.165, 1.54) is 0 Å². The van der Waals surface area contributed by atoms with Gasteiger partial charge in [0.2, 0.25) is 11.8 Å². The summed E-state index contributed by atoms with van der Waals surface area (Å²) >= 11 is 1.68. The minimum Gasteiger partial charge on any atom is -0.355 e. The molecule has 0 aromatic carbocycles. The Hall–Kier alpha value is -1.43. The van der Waals surface area contributed by atoms with E-state index in [1.54, 1.807) is 11.3 Å². The topological polar surface area (TPSA) is 62.3 Å². The van der Waals surface area contributed by atoms with Gasteiger partial charge in [-0.25, -0.2) is 4.98 Å². The Balaban J connectivity index is 1.90. The van der Waals surface area contributed by atoms with Gasteiger partial charge in [-0.3, -0.25) is 9.59 Å². The second kappa shape index (κ2) is 8.30. The van der Waals surface area contributed by atoms with Crippen molar-refractivity contribution in [3.63, 3.8) is 0 Å². The molecule has 0 spiro atoms. The summed E-state index contributed by atoms with van der Waals surface area (Å²) in [7, 11) is 0. The number of nitrogens with zero attached hydrogens (tertiary/aromatic N) is 2. The van der Waals surface area contributed by atoms with Gasteiger partial charge in [0.15, 0.2) is 0 Å². The van der Waals surface area contributed by atoms with E-state index in [0.29, 0.717) is 12.5 Å². The lowest BCUT2D eigenvalue weighted by atomic mass is 9.91. The van der Waals surface area contributed by atoms with Crippen LogP contribution in [0.5, 0.6) is 0 Å². The van der Waals surface area contributed by atoms with Crippen LogP contribution in [0.3, 0.4) is 0 Å². The molecule has 2 rings (SSSR count). The first-order valence-electron chi connectivity index (χ1n) is 9.20. The van der Waals surface area contributed by atoms with Crippen molar-refractivity contribution >= 4 is 23.2 Å². The van der Waals surface area contributed by atoms with Gasteiger partial charge in [-0.2, -0.15) is 0 Å². The van der Waals surface area contributed by atoms with E-state index in [4.69, 9.17) is 4.98 Å². The van der Waals surface area contributed by atoms with Gasteiger partial charge in [-0.15, -0.1) is 11.3 Å². The smallest absolute Gasteiger partial charge is 0.227 e. The van der Waals surface area contributed by atoms with E-state index in [1.807, 2.05) is 39.5 Å². The van der Waals surface area contributed by atoms with Gasteiger partial charge in [0, 0.05) is 48.7 Å². The van der Waals surface area contributed by atoms with E-state index in [0.717, 1.165) is 43.1 Å². The minimum absolute atomic E-state index is 0.0135. The normalized spacial score (nSPS) is 18.5. The fraction of sp³-hybridized carbons (Fsp3) is 0.737. The molecule has 1 aliphatic heterocycles. The van der Waals surface area contributed by atoms with Gasteiger partial charge < -0.3 is 10.2 Å². The van der Waals surface area contributed by atoms with Crippen LogP contribution < -0.4 is 5.32 Å². The Kier molecular flexibility index (Phi) is 6.60. The van der Waals surface area contributed by atoms with Crippen LogP contribution in [0.1, 0.15) is 64.1 Å². The van der Waals surface area contributed by atoms with Gasteiger partial charge in [-0.1, -0.05) is 34.6 Å². The summed E-state index contributed by atoms with van der Waals surface area (Å²) in [4.78, 5) is 30.9. The third kappa shape index (κ3) is 5.53. The lowest BCUT2D eigenvalue weighted by Gasteiger charge is -2.35. The second-order valence-corrected chi connectivity index (χ2v) is 9.10. The summed E-state index contributed by atoms with van der Waals surface area (Å²) in [6.07, 6.45) is 2.88. The molecule has 1 atom stereocenters. The molecular formula is C19H31N3O2S. The Labute approximate surface area is 155 Å². The van der Waals surface area contributed by atoms with Crippen LogP contribution >= 0.6 is 11.3 Å². The predicted molar refractivity (Wildman–Crippen MR) is 102 cm³/mol. The summed E-state index contributed by atoms with van der Waals surface area (Å²) in [6.45, 7) is 12.0. The average Bonchev–Trinajstić information content (AvgIpc) is 3.02. The van der Waals surface area contributed by atoms with Crippen molar-refractivity contribution in [2.75, 3.05) is 19.6 Å². The standard InChI is InChI=1S/C19H31N3O2S/c1-13(2)16(23)20-9-8-15-12-25-17(21-15)14-7-6-10-22(11-14)18(24)19(3,4)5/h12-14H,6-11H2,1-5H3,(H,20,23)/t14-/m0/s1. The van der Waals surface area contributed by atoms with E-state index >= 15 is 0 Å². The number of rotatable bonds is 5. The molecule has 1 aromatic rings. The second-order valence-electron chi connectivity index (χ2n) is 8.21. The molecule has 1 aliphatic rings. The highest BCUT2D eigenvalue weighted by Gasteiger charge is 2.32. The SMILES string of the molecule is CC(C)C(=O)NCCc1csc([C@H]2CCCN(C(=O)C(C)(C)C)C2)n1. The van der Waals surface area contributed by atoms with Crippen LogP contribution in [0.4, 0.5) is 0 Å². The molecule has 1 fully saturated rings. The van der Waals surface area contributed by atoms with Crippen LogP contribution in [0.2, 0.25) is 0 Å². The van der Waals surface area contributed by atoms with Crippen molar-refractivity contribution in [3.05, 3.63) is 16.1 Å². The van der Waals surface area contributed by atoms with Crippen molar-refractivity contribution in [1.29, 1.82) is 0 Å². The van der Waals surface area contributed by atoms with Crippen LogP contribution in [0.25, 0.3) is 0 Å². The summed E-state index contributed by atoms with van der Waals surface area (Å²) in [5.41, 5.74) is 0.702. The maximum absolute atomic E-state index is 12.5. The number of likely N-dealkylation sites (tertiary alicyclic amines) is 1. The highest BCUT2D eigenvalue weighted by molar-refractivity contribution is 7.09. The number of carbonyl (C=O) groups is 2. The van der Waals surface area contributed by atoms with Crippen molar-refractivity contribution in [2.24, 2.45) is 11.3 Å². The summed E-state index contributed by atoms with van der Waals surface area (Å²) in [6, 6.07) is 0. The molecule has 5 nitrogen and oxygen atoms in total. The van der Waals surface area contributed by atoms with Gasteiger partial charge in [0.1, 0.15) is 0 Å². The van der Waals surface area contributed by atoms with Crippen LogP contribution in [0.15, 0.2) is 5.38 Å². The van der Waals surface area contributed by atoms with Crippen molar-refractivity contribution in [2.45, 2.75) is 59.8 Å². The fourth-order valence-electron chi connectivity index (χ4n) is 2.98. The summed E-state index contributed by atoms with van der Waals surface area (Å²) in [5, 5.41) is 6.14. The molecule has 0 aliphatic carbocycles. The molecule has 25 heavy (non-hydrogen) atoms. The number of nitrogens with one attached hydrogen (secondary N) is 1. The molecule has 0 bridgehead atoms. The van der Waals surface area contributed by atoms with Gasteiger partial charge in [0.05, 0.1) is 10.7 Å². The third-order valence-electron chi connectivity index (χ3n) is 4.47. The van der Waals surface area contributed by atoms with Crippen molar-refractivity contribution in [1.82, 2.24) is 15.2 Å². The molecule has 0 radical (unpaired) electrons. The highest BCUT2D eigenvalue weighted by atomic mass is 32.1. The maximum atomic E-state index is 12.5. The number of amides is 2. The molecule has 6 heteroatoms. The van der Waals surface area contributed by atoms with E-state index in [9.17, 15) is 9.59 Å². The Morgan fingerprint density at radius 3 is 2.76 bits per heavy atom. The van der Waals surface area contributed by atoms with Gasteiger partial charge in [-0.05, 0) is 12.8 Å². The lowest BCUT2D eigenvalue weighted by molar-refractivity contribution is -0.140. The fourth-order valence-corrected chi connectivity index (χ4v) is 3.96. The zero-order chi connectivity index (χ0) is 18.6. The minimum atomic E-state index is -0.329. The number of aromatic nitrogens is 1. The highest BCUT2D eigenvalue weighted by Crippen LogP contribution is 2.31. The van der Waals surface area contributed by atoms with Crippen LogP contribution in [-0.2, 0) is 16.0 Å². The molecule has 2 amide bonds. The Morgan fingerprint density at radius 1 is 1.40 bits per heavy atom. The van der Waals surface area contributed by atoms with Gasteiger partial charge >= 0.3 is 0 Å². The average molecular weight is 366 g/mol. The Morgan fingerprint density at radius 2 is 2.12 bits per heavy atom. The molecule has 1 N–H and O–H groups in total. The Bertz CT molecular complexity index is 604. The molecule has 140 valence electrons. The first kappa shape index (κ1) is 19.9.